The lowest BCUT2D eigenvalue weighted by atomic mass is 10.2. The van der Waals surface area contributed by atoms with Crippen LogP contribution in [0.5, 0.6) is 5.75 Å². The van der Waals surface area contributed by atoms with Gasteiger partial charge in [0.15, 0.2) is 0 Å². The Morgan fingerprint density at radius 1 is 1.03 bits per heavy atom. The van der Waals surface area contributed by atoms with Crippen LogP contribution >= 0.6 is 15.9 Å². The molecule has 0 atom stereocenters. The summed E-state index contributed by atoms with van der Waals surface area (Å²) in [5, 5.41) is 14.8. The van der Waals surface area contributed by atoms with Gasteiger partial charge in [0.25, 0.3) is 0 Å². The number of rotatable bonds is 5. The first-order valence-corrected chi connectivity index (χ1v) is 9.81. The monoisotopic (exact) mass is 465 g/mol. The van der Waals surface area contributed by atoms with Crippen molar-refractivity contribution in [3.63, 3.8) is 0 Å². The van der Waals surface area contributed by atoms with E-state index in [-0.39, 0.29) is 0 Å². The predicted octanol–water partition coefficient (Wildman–Crippen LogP) is 2.33. The Balaban J connectivity index is 0.000000438. The number of hydrogen-bond acceptors (Lipinski definition) is 6. The van der Waals surface area contributed by atoms with E-state index in [1.807, 2.05) is 18.3 Å². The first-order chi connectivity index (χ1) is 13.9. The zero-order valence-electron chi connectivity index (χ0n) is 16.1. The number of aliphatic carboxylic acids is 2. The molecule has 2 heterocycles. The van der Waals surface area contributed by atoms with E-state index in [0.717, 1.165) is 55.2 Å². The molecule has 9 heteroatoms. The summed E-state index contributed by atoms with van der Waals surface area (Å²) in [7, 11) is 1.70. The van der Waals surface area contributed by atoms with Crippen molar-refractivity contribution in [2.45, 2.75) is 13.1 Å². The van der Waals surface area contributed by atoms with E-state index in [1.165, 1.54) is 5.56 Å². The smallest absolute Gasteiger partial charge is 0.414 e. The zero-order valence-corrected chi connectivity index (χ0v) is 17.7. The highest BCUT2D eigenvalue weighted by Crippen LogP contribution is 2.26. The highest BCUT2D eigenvalue weighted by molar-refractivity contribution is 9.10. The van der Waals surface area contributed by atoms with Gasteiger partial charge in [0.2, 0.25) is 0 Å². The van der Waals surface area contributed by atoms with Crippen molar-refractivity contribution in [1.82, 2.24) is 14.8 Å². The van der Waals surface area contributed by atoms with Crippen molar-refractivity contribution in [1.29, 1.82) is 0 Å². The van der Waals surface area contributed by atoms with Crippen molar-refractivity contribution >= 4 is 27.9 Å². The lowest BCUT2D eigenvalue weighted by Crippen LogP contribution is -2.45. The van der Waals surface area contributed by atoms with Gasteiger partial charge in [-0.05, 0) is 45.8 Å². The molecule has 0 amide bonds. The molecule has 1 aromatic carbocycles. The normalized spacial score (nSPS) is 14.6. The molecule has 1 aliphatic rings. The standard InChI is InChI=1S/C18H22BrN3O.C2H2O4/c1-23-18-6-5-15(12-17(18)19)13-21-8-10-22(11-9-21)14-16-4-2-3-7-20-16;3-1(4)2(5)6/h2-7,12H,8-11,13-14H2,1H3;(H,3,4)(H,5,6). The van der Waals surface area contributed by atoms with Gasteiger partial charge in [0, 0.05) is 45.5 Å². The van der Waals surface area contributed by atoms with E-state index in [4.69, 9.17) is 24.5 Å². The maximum absolute atomic E-state index is 9.10. The van der Waals surface area contributed by atoms with Crippen molar-refractivity contribution in [3.05, 3.63) is 58.3 Å². The number of carboxylic acids is 2. The average Bonchev–Trinajstić information content (AvgIpc) is 2.71. The molecule has 1 fully saturated rings. The van der Waals surface area contributed by atoms with Gasteiger partial charge in [-0.15, -0.1) is 0 Å². The summed E-state index contributed by atoms with van der Waals surface area (Å²) in [6, 6.07) is 12.4. The number of nitrogens with zero attached hydrogens (tertiary/aromatic N) is 3. The molecule has 0 spiro atoms. The number of carbonyl (C=O) groups is 2. The second kappa shape index (κ2) is 11.5. The van der Waals surface area contributed by atoms with Gasteiger partial charge in [-0.2, -0.15) is 0 Å². The summed E-state index contributed by atoms with van der Waals surface area (Å²) in [6.45, 7) is 6.30. The minimum Gasteiger partial charge on any atom is -0.496 e. The van der Waals surface area contributed by atoms with Crippen LogP contribution in [0, 0.1) is 0 Å². The maximum Gasteiger partial charge on any atom is 0.414 e. The number of benzene rings is 1. The Morgan fingerprint density at radius 2 is 1.66 bits per heavy atom. The summed E-state index contributed by atoms with van der Waals surface area (Å²) in [4.78, 5) is 27.6. The fourth-order valence-corrected chi connectivity index (χ4v) is 3.48. The van der Waals surface area contributed by atoms with Crippen molar-refractivity contribution in [2.75, 3.05) is 33.3 Å². The lowest BCUT2D eigenvalue weighted by Gasteiger charge is -2.34. The Hall–Kier alpha value is -2.49. The third-order valence-corrected chi connectivity index (χ3v) is 5.00. The molecule has 2 N–H and O–H groups in total. The zero-order chi connectivity index (χ0) is 21.2. The van der Waals surface area contributed by atoms with Crippen LogP contribution in [-0.4, -0.2) is 70.2 Å². The molecule has 0 unspecified atom stereocenters. The van der Waals surface area contributed by atoms with Crippen LogP contribution in [0.1, 0.15) is 11.3 Å². The van der Waals surface area contributed by atoms with E-state index >= 15 is 0 Å². The minimum absolute atomic E-state index is 0.883. The Labute approximate surface area is 177 Å². The molecule has 3 rings (SSSR count). The fraction of sp³-hybridized carbons (Fsp3) is 0.350. The minimum atomic E-state index is -1.82. The fourth-order valence-electron chi connectivity index (χ4n) is 2.89. The van der Waals surface area contributed by atoms with Crippen molar-refractivity contribution < 1.29 is 24.5 Å². The van der Waals surface area contributed by atoms with Crippen molar-refractivity contribution in [2.24, 2.45) is 0 Å². The summed E-state index contributed by atoms with van der Waals surface area (Å²) >= 11 is 3.56. The van der Waals surface area contributed by atoms with Crippen LogP contribution in [-0.2, 0) is 22.7 Å². The topological polar surface area (TPSA) is 103 Å². The van der Waals surface area contributed by atoms with Gasteiger partial charge in [0.1, 0.15) is 5.75 Å². The van der Waals surface area contributed by atoms with Gasteiger partial charge in [-0.1, -0.05) is 12.1 Å². The number of ether oxygens (including phenoxy) is 1. The number of methoxy groups -OCH3 is 1. The Kier molecular flexibility index (Phi) is 9.04. The van der Waals surface area contributed by atoms with Gasteiger partial charge < -0.3 is 14.9 Å². The van der Waals surface area contributed by atoms with E-state index in [1.54, 1.807) is 7.11 Å². The summed E-state index contributed by atoms with van der Waals surface area (Å²) in [6.07, 6.45) is 1.87. The Bertz CT molecular complexity index is 799. The molecule has 1 saturated heterocycles. The van der Waals surface area contributed by atoms with Crippen LogP contribution in [0.4, 0.5) is 0 Å². The first kappa shape index (κ1) is 22.8. The average molecular weight is 466 g/mol. The predicted molar refractivity (Wildman–Crippen MR) is 111 cm³/mol. The van der Waals surface area contributed by atoms with E-state index in [2.05, 4.69) is 55.0 Å². The van der Waals surface area contributed by atoms with E-state index in [9.17, 15) is 0 Å². The van der Waals surface area contributed by atoms with Gasteiger partial charge in [-0.25, -0.2) is 9.59 Å². The van der Waals surface area contributed by atoms with Crippen LogP contribution in [0.15, 0.2) is 47.1 Å². The number of hydrogen-bond donors (Lipinski definition) is 2. The SMILES string of the molecule is COc1ccc(CN2CCN(Cc3ccccn3)CC2)cc1Br.O=C(O)C(=O)O. The summed E-state index contributed by atoms with van der Waals surface area (Å²) < 4.78 is 6.31. The second-order valence-corrected chi connectivity index (χ2v) is 7.31. The number of pyridine rings is 1. The highest BCUT2D eigenvalue weighted by atomic mass is 79.9. The third kappa shape index (κ3) is 7.80. The molecule has 8 nitrogen and oxygen atoms in total. The molecule has 29 heavy (non-hydrogen) atoms. The molecule has 0 radical (unpaired) electrons. The van der Waals surface area contributed by atoms with Gasteiger partial charge in [0.05, 0.1) is 17.3 Å². The van der Waals surface area contributed by atoms with Gasteiger partial charge >= 0.3 is 11.9 Å². The number of aromatic nitrogens is 1. The molecule has 1 aliphatic heterocycles. The number of piperazine rings is 1. The van der Waals surface area contributed by atoms with Crippen molar-refractivity contribution in [3.8, 4) is 5.75 Å². The summed E-state index contributed by atoms with van der Waals surface area (Å²) in [5.41, 5.74) is 2.47. The van der Waals surface area contributed by atoms with Crippen LogP contribution in [0.25, 0.3) is 0 Å². The molecule has 1 aromatic heterocycles. The van der Waals surface area contributed by atoms with E-state index < -0.39 is 11.9 Å². The lowest BCUT2D eigenvalue weighted by molar-refractivity contribution is -0.159. The van der Waals surface area contributed by atoms with Crippen LogP contribution in [0.3, 0.4) is 0 Å². The third-order valence-electron chi connectivity index (χ3n) is 4.38. The molecular formula is C20H24BrN3O5. The number of carboxylic acid groups (broad SMARTS) is 2. The summed E-state index contributed by atoms with van der Waals surface area (Å²) in [5.74, 6) is -2.76. The first-order valence-electron chi connectivity index (χ1n) is 9.02. The second-order valence-electron chi connectivity index (χ2n) is 6.45. The van der Waals surface area contributed by atoms with E-state index in [0.29, 0.717) is 0 Å². The quantitative estimate of drug-likeness (QED) is 0.648. The number of halogens is 1. The molecule has 0 aliphatic carbocycles. The molecular weight excluding hydrogens is 442 g/mol. The molecule has 0 saturated carbocycles. The largest absolute Gasteiger partial charge is 0.496 e. The molecule has 2 aromatic rings. The highest BCUT2D eigenvalue weighted by Gasteiger charge is 2.17. The van der Waals surface area contributed by atoms with Crippen LogP contribution < -0.4 is 4.74 Å². The maximum atomic E-state index is 9.10. The molecule has 0 bridgehead atoms. The Morgan fingerprint density at radius 3 is 2.14 bits per heavy atom. The molecule has 156 valence electrons. The van der Waals surface area contributed by atoms with Crippen LogP contribution in [0.2, 0.25) is 0 Å². The van der Waals surface area contributed by atoms with Gasteiger partial charge in [-0.3, -0.25) is 14.8 Å².